The van der Waals surface area contributed by atoms with Crippen LogP contribution in [0.3, 0.4) is 0 Å². The summed E-state index contributed by atoms with van der Waals surface area (Å²) in [5, 5.41) is 8.69. The van der Waals surface area contributed by atoms with Crippen LogP contribution in [0.5, 0.6) is 0 Å². The third-order valence-electron chi connectivity index (χ3n) is 2.30. The highest BCUT2D eigenvalue weighted by Gasteiger charge is 2.44. The van der Waals surface area contributed by atoms with E-state index in [0.717, 1.165) is 0 Å². The maximum Gasteiger partial charge on any atom is 0.313 e. The van der Waals surface area contributed by atoms with Gasteiger partial charge in [-0.05, 0) is 6.42 Å². The molecule has 2 nitrogen and oxygen atoms in total. The Labute approximate surface area is 86.5 Å². The van der Waals surface area contributed by atoms with E-state index in [0.29, 0.717) is 0 Å². The quantitative estimate of drug-likeness (QED) is 0.836. The van der Waals surface area contributed by atoms with Crippen molar-refractivity contribution < 1.29 is 18.7 Å². The lowest BCUT2D eigenvalue weighted by atomic mass is 9.92. The topological polar surface area (TPSA) is 37.3 Å². The van der Waals surface area contributed by atoms with Crippen molar-refractivity contribution in [3.8, 4) is 0 Å². The predicted octanol–water partition coefficient (Wildman–Crippen LogP) is 2.89. The number of rotatable bonds is 4. The Morgan fingerprint density at radius 1 is 1.40 bits per heavy atom. The molecule has 15 heavy (non-hydrogen) atoms. The van der Waals surface area contributed by atoms with Crippen LogP contribution < -0.4 is 0 Å². The molecule has 1 aromatic rings. The van der Waals surface area contributed by atoms with Gasteiger partial charge in [0, 0.05) is 5.56 Å². The molecule has 0 aliphatic heterocycles. The molecule has 1 aromatic carbocycles. The highest BCUT2D eigenvalue weighted by atomic mass is 19.3. The molecule has 4 heteroatoms. The Hall–Kier alpha value is -1.45. The van der Waals surface area contributed by atoms with Crippen molar-refractivity contribution in [3.05, 3.63) is 35.9 Å². The molecule has 0 fully saturated rings. The molecule has 0 aromatic heterocycles. The zero-order chi connectivity index (χ0) is 11.5. The zero-order valence-electron chi connectivity index (χ0n) is 8.28. The van der Waals surface area contributed by atoms with Crippen LogP contribution in [0, 0.1) is 5.92 Å². The van der Waals surface area contributed by atoms with Gasteiger partial charge in [-0.15, -0.1) is 0 Å². The number of carbonyl (C=O) groups is 1. The molecule has 0 amide bonds. The van der Waals surface area contributed by atoms with Crippen molar-refractivity contribution >= 4 is 5.97 Å². The Kier molecular flexibility index (Phi) is 3.39. The fraction of sp³-hybridized carbons (Fsp3) is 0.364. The maximum absolute atomic E-state index is 13.7. The maximum atomic E-state index is 13.7. The van der Waals surface area contributed by atoms with Gasteiger partial charge in [-0.25, -0.2) is 8.78 Å². The largest absolute Gasteiger partial charge is 0.481 e. The number of carboxylic acid groups (broad SMARTS) is 1. The Balaban J connectivity index is 3.05. The van der Waals surface area contributed by atoms with Crippen molar-refractivity contribution in [1.29, 1.82) is 0 Å². The van der Waals surface area contributed by atoms with Gasteiger partial charge in [0.2, 0.25) is 0 Å². The first-order chi connectivity index (χ1) is 7.00. The lowest BCUT2D eigenvalue weighted by Crippen LogP contribution is -2.31. The summed E-state index contributed by atoms with van der Waals surface area (Å²) < 4.78 is 27.4. The second-order valence-electron chi connectivity index (χ2n) is 3.29. The van der Waals surface area contributed by atoms with Gasteiger partial charge in [-0.1, -0.05) is 37.3 Å². The van der Waals surface area contributed by atoms with E-state index < -0.39 is 17.8 Å². The summed E-state index contributed by atoms with van der Waals surface area (Å²) in [5.74, 6) is -6.45. The van der Waals surface area contributed by atoms with Crippen LogP contribution in [0.2, 0.25) is 0 Å². The summed E-state index contributed by atoms with van der Waals surface area (Å²) in [6.07, 6.45) is -0.1000. The van der Waals surface area contributed by atoms with E-state index in [9.17, 15) is 13.6 Å². The number of alkyl halides is 2. The van der Waals surface area contributed by atoms with E-state index in [1.165, 1.54) is 31.2 Å². The van der Waals surface area contributed by atoms with Crippen molar-refractivity contribution in [1.82, 2.24) is 0 Å². The molecule has 0 saturated heterocycles. The minimum atomic E-state index is -3.32. The van der Waals surface area contributed by atoms with Gasteiger partial charge in [0.15, 0.2) is 0 Å². The van der Waals surface area contributed by atoms with Gasteiger partial charge >= 0.3 is 5.97 Å². The Morgan fingerprint density at radius 2 is 1.93 bits per heavy atom. The first kappa shape index (κ1) is 11.6. The van der Waals surface area contributed by atoms with Gasteiger partial charge in [0.25, 0.3) is 5.92 Å². The summed E-state index contributed by atoms with van der Waals surface area (Å²) in [5.41, 5.74) is -0.251. The van der Waals surface area contributed by atoms with Crippen molar-refractivity contribution in [2.45, 2.75) is 19.3 Å². The molecule has 0 aliphatic carbocycles. The Bertz CT molecular complexity index is 336. The van der Waals surface area contributed by atoms with Crippen LogP contribution in [-0.4, -0.2) is 11.1 Å². The first-order valence-electron chi connectivity index (χ1n) is 4.66. The van der Waals surface area contributed by atoms with Crippen LogP contribution >= 0.6 is 0 Å². The van der Waals surface area contributed by atoms with Gasteiger partial charge < -0.3 is 5.11 Å². The molecule has 0 bridgehead atoms. The van der Waals surface area contributed by atoms with E-state index >= 15 is 0 Å². The van der Waals surface area contributed by atoms with Gasteiger partial charge in [-0.2, -0.15) is 0 Å². The second kappa shape index (κ2) is 4.38. The van der Waals surface area contributed by atoms with Gasteiger partial charge in [0.05, 0.1) is 0 Å². The molecule has 1 N–H and O–H groups in total. The third kappa shape index (κ3) is 2.32. The molecule has 0 heterocycles. The van der Waals surface area contributed by atoms with Crippen molar-refractivity contribution in [2.75, 3.05) is 0 Å². The molecular weight excluding hydrogens is 202 g/mol. The average molecular weight is 214 g/mol. The summed E-state index contributed by atoms with van der Waals surface area (Å²) in [4.78, 5) is 10.7. The molecule has 0 aliphatic rings. The molecule has 0 spiro atoms. The number of aliphatic carboxylic acids is 1. The van der Waals surface area contributed by atoms with Crippen LogP contribution in [0.25, 0.3) is 0 Å². The number of hydrogen-bond acceptors (Lipinski definition) is 1. The minimum absolute atomic E-state index is 0.1000. The van der Waals surface area contributed by atoms with E-state index in [1.54, 1.807) is 6.07 Å². The Morgan fingerprint density at radius 3 is 2.33 bits per heavy atom. The fourth-order valence-electron chi connectivity index (χ4n) is 1.45. The smallest absolute Gasteiger partial charge is 0.313 e. The molecule has 1 rings (SSSR count). The van der Waals surface area contributed by atoms with Gasteiger partial charge in [0.1, 0.15) is 5.92 Å². The second-order valence-corrected chi connectivity index (χ2v) is 3.29. The molecule has 0 saturated carbocycles. The summed E-state index contributed by atoms with van der Waals surface area (Å²) in [6.45, 7) is 1.44. The minimum Gasteiger partial charge on any atom is -0.481 e. The zero-order valence-corrected chi connectivity index (χ0v) is 8.28. The molecule has 0 radical (unpaired) electrons. The van der Waals surface area contributed by atoms with Crippen LogP contribution in [0.1, 0.15) is 18.9 Å². The predicted molar refractivity (Wildman–Crippen MR) is 51.8 cm³/mol. The highest BCUT2D eigenvalue weighted by molar-refractivity contribution is 5.71. The lowest BCUT2D eigenvalue weighted by Gasteiger charge is -2.22. The van der Waals surface area contributed by atoms with Crippen LogP contribution in [0.4, 0.5) is 8.78 Å². The normalized spacial score (nSPS) is 13.5. The lowest BCUT2D eigenvalue weighted by molar-refractivity contribution is -0.158. The van der Waals surface area contributed by atoms with Gasteiger partial charge in [-0.3, -0.25) is 4.79 Å². The molecular formula is C11H12F2O2. The summed E-state index contributed by atoms with van der Waals surface area (Å²) in [6, 6.07) is 7.04. The van der Waals surface area contributed by atoms with E-state index in [-0.39, 0.29) is 12.0 Å². The first-order valence-corrected chi connectivity index (χ1v) is 4.66. The van der Waals surface area contributed by atoms with E-state index in [2.05, 4.69) is 0 Å². The number of hydrogen-bond donors (Lipinski definition) is 1. The molecule has 82 valence electrons. The van der Waals surface area contributed by atoms with E-state index in [4.69, 9.17) is 5.11 Å². The van der Waals surface area contributed by atoms with Crippen molar-refractivity contribution in [3.63, 3.8) is 0 Å². The van der Waals surface area contributed by atoms with Crippen LogP contribution in [-0.2, 0) is 10.7 Å². The number of carboxylic acids is 1. The van der Waals surface area contributed by atoms with E-state index in [1.807, 2.05) is 0 Å². The average Bonchev–Trinajstić information content (AvgIpc) is 2.19. The standard InChI is InChI=1S/C11H12F2O2/c1-2-9(10(14)15)11(12,13)8-6-4-3-5-7-8/h3-7,9H,2H2,1H3,(H,14,15). The van der Waals surface area contributed by atoms with Crippen LogP contribution in [0.15, 0.2) is 30.3 Å². The third-order valence-corrected chi connectivity index (χ3v) is 2.30. The molecule has 1 unspecified atom stereocenters. The molecule has 1 atom stereocenters. The highest BCUT2D eigenvalue weighted by Crippen LogP contribution is 2.37. The SMILES string of the molecule is CCC(C(=O)O)C(F)(F)c1ccccc1. The fourth-order valence-corrected chi connectivity index (χ4v) is 1.45. The summed E-state index contributed by atoms with van der Waals surface area (Å²) >= 11 is 0. The number of benzene rings is 1. The monoisotopic (exact) mass is 214 g/mol. The number of halogens is 2. The summed E-state index contributed by atoms with van der Waals surface area (Å²) in [7, 11) is 0. The van der Waals surface area contributed by atoms with Crippen molar-refractivity contribution in [2.24, 2.45) is 5.92 Å².